The van der Waals surface area contributed by atoms with Crippen molar-refractivity contribution in [2.45, 2.75) is 64.7 Å². The summed E-state index contributed by atoms with van der Waals surface area (Å²) in [6.07, 6.45) is 1.29. The Kier molecular flexibility index (Phi) is 7.22. The van der Waals surface area contributed by atoms with Gasteiger partial charge in [-0.05, 0) is 54.5 Å². The van der Waals surface area contributed by atoms with E-state index in [4.69, 9.17) is 9.98 Å². The number of fused-ring (bicyclic) bond motifs is 3. The van der Waals surface area contributed by atoms with E-state index in [1.54, 1.807) is 4.90 Å². The van der Waals surface area contributed by atoms with Crippen LogP contribution in [0.5, 0.6) is 0 Å². The van der Waals surface area contributed by atoms with E-state index in [-0.39, 0.29) is 11.8 Å². The van der Waals surface area contributed by atoms with Gasteiger partial charge < -0.3 is 5.32 Å². The molecule has 0 spiro atoms. The minimum atomic E-state index is -0.416. The van der Waals surface area contributed by atoms with Crippen LogP contribution in [0, 0.1) is 5.92 Å². The molecule has 0 aromatic heterocycles. The van der Waals surface area contributed by atoms with Gasteiger partial charge in [0.2, 0.25) is 5.91 Å². The molecule has 2 aliphatic rings. The molecule has 0 saturated carbocycles. The largest absolute Gasteiger partial charge is 0.325 e. The zero-order chi connectivity index (χ0) is 24.4. The van der Waals surface area contributed by atoms with E-state index >= 15 is 0 Å². The quantitative estimate of drug-likeness (QED) is 0.535. The van der Waals surface area contributed by atoms with Crippen molar-refractivity contribution in [3.63, 3.8) is 0 Å². The number of hydrogen-bond donors (Lipinski definition) is 1. The summed E-state index contributed by atoms with van der Waals surface area (Å²) in [5.74, 6) is 1.26. The number of nitrogens with zero attached hydrogens (tertiary/aromatic N) is 3. The van der Waals surface area contributed by atoms with E-state index in [1.807, 2.05) is 55.5 Å². The Bertz CT molecular complexity index is 1140. The number of aliphatic imine (C=N–C) groups is 2. The summed E-state index contributed by atoms with van der Waals surface area (Å²) in [6.45, 7) is 10.4. The molecule has 7 heteroatoms. The maximum absolute atomic E-state index is 13.3. The second kappa shape index (κ2) is 10.1. The van der Waals surface area contributed by atoms with E-state index in [9.17, 15) is 9.59 Å². The van der Waals surface area contributed by atoms with E-state index in [2.05, 4.69) is 33.0 Å². The van der Waals surface area contributed by atoms with Crippen molar-refractivity contribution in [3.05, 3.63) is 59.7 Å². The molecule has 2 aliphatic heterocycles. The highest BCUT2D eigenvalue weighted by atomic mass is 32.2. The molecular formula is C27H32N4O2S. The van der Waals surface area contributed by atoms with Gasteiger partial charge in [0.15, 0.2) is 5.17 Å². The molecule has 2 amide bonds. The Hall–Kier alpha value is -2.93. The lowest BCUT2D eigenvalue weighted by atomic mass is 10.0. The first-order valence-corrected chi connectivity index (χ1v) is 12.8. The first kappa shape index (κ1) is 24.2. The molecular weight excluding hydrogens is 444 g/mol. The van der Waals surface area contributed by atoms with Crippen LogP contribution >= 0.6 is 11.8 Å². The molecule has 6 nitrogen and oxygen atoms in total. The third kappa shape index (κ3) is 4.94. The number of carbonyl (C=O) groups excluding carboxylic acids is 2. The Morgan fingerprint density at radius 1 is 1.09 bits per heavy atom. The number of carbonyl (C=O) groups is 2. The zero-order valence-electron chi connectivity index (χ0n) is 20.4. The highest BCUT2D eigenvalue weighted by Gasteiger charge is 2.42. The van der Waals surface area contributed by atoms with Crippen LogP contribution in [0.3, 0.4) is 0 Å². The number of thioether (sulfide) groups is 1. The van der Waals surface area contributed by atoms with Crippen LogP contribution in [-0.2, 0) is 9.59 Å². The standard InChI is InChI=1S/C27H32N4O2S/c1-6-23(25(32)28-19-13-11-18(12-14-19)17(4)5)34-27-30-21-10-8-7-9-20(21)24-29-22(15-16(2)3)26(33)31(24)27/h7-14,16-17,22-23H,6,15H2,1-5H3,(H,28,32)/t22-,23+/m0/s1. The zero-order valence-corrected chi connectivity index (χ0v) is 21.2. The Morgan fingerprint density at radius 3 is 2.44 bits per heavy atom. The van der Waals surface area contributed by atoms with E-state index in [0.29, 0.717) is 35.7 Å². The van der Waals surface area contributed by atoms with Gasteiger partial charge in [0.05, 0.1) is 10.9 Å². The number of anilines is 1. The summed E-state index contributed by atoms with van der Waals surface area (Å²) in [5.41, 5.74) is 3.62. The van der Waals surface area contributed by atoms with Crippen LogP contribution < -0.4 is 5.32 Å². The molecule has 0 bridgehead atoms. The molecule has 0 unspecified atom stereocenters. The maximum atomic E-state index is 13.3. The Balaban J connectivity index is 1.57. The average molecular weight is 477 g/mol. The van der Waals surface area contributed by atoms with Crippen molar-refractivity contribution in [1.82, 2.24) is 4.90 Å². The van der Waals surface area contributed by atoms with Crippen LogP contribution in [0.15, 0.2) is 58.5 Å². The summed E-state index contributed by atoms with van der Waals surface area (Å²) in [7, 11) is 0. The molecule has 2 aromatic rings. The van der Waals surface area contributed by atoms with Crippen LogP contribution in [0.2, 0.25) is 0 Å². The lowest BCUT2D eigenvalue weighted by molar-refractivity contribution is -0.125. The topological polar surface area (TPSA) is 74.1 Å². The average Bonchev–Trinajstić information content (AvgIpc) is 3.13. The van der Waals surface area contributed by atoms with E-state index in [1.165, 1.54) is 17.3 Å². The van der Waals surface area contributed by atoms with Crippen molar-refractivity contribution in [3.8, 4) is 0 Å². The molecule has 0 saturated heterocycles. The molecule has 2 atom stereocenters. The number of amides is 2. The summed E-state index contributed by atoms with van der Waals surface area (Å²) in [6, 6.07) is 15.3. The van der Waals surface area contributed by atoms with Gasteiger partial charge >= 0.3 is 0 Å². The van der Waals surface area contributed by atoms with Crippen LogP contribution in [0.1, 0.15) is 64.5 Å². The summed E-state index contributed by atoms with van der Waals surface area (Å²) in [4.78, 5) is 37.7. The lowest BCUT2D eigenvalue weighted by Gasteiger charge is -2.27. The second-order valence-electron chi connectivity index (χ2n) is 9.46. The summed E-state index contributed by atoms with van der Waals surface area (Å²) < 4.78 is 0. The normalized spacial score (nSPS) is 17.9. The minimum absolute atomic E-state index is 0.0658. The van der Waals surface area contributed by atoms with E-state index < -0.39 is 11.3 Å². The predicted octanol–water partition coefficient (Wildman–Crippen LogP) is 5.97. The van der Waals surface area contributed by atoms with Gasteiger partial charge in [-0.3, -0.25) is 14.6 Å². The minimum Gasteiger partial charge on any atom is -0.325 e. The summed E-state index contributed by atoms with van der Waals surface area (Å²) in [5, 5.41) is 3.15. The third-order valence-corrected chi connectivity index (χ3v) is 7.31. The fourth-order valence-corrected chi connectivity index (χ4v) is 5.12. The van der Waals surface area contributed by atoms with Crippen LogP contribution in [-0.4, -0.2) is 39.0 Å². The van der Waals surface area contributed by atoms with Gasteiger partial charge in [0.1, 0.15) is 11.9 Å². The van der Waals surface area contributed by atoms with Gasteiger partial charge in [0, 0.05) is 11.3 Å². The monoisotopic (exact) mass is 476 g/mol. The molecule has 2 heterocycles. The van der Waals surface area contributed by atoms with Crippen molar-refractivity contribution in [2.24, 2.45) is 15.9 Å². The highest BCUT2D eigenvalue weighted by molar-refractivity contribution is 8.15. The number of benzene rings is 2. The molecule has 34 heavy (non-hydrogen) atoms. The van der Waals surface area contributed by atoms with Gasteiger partial charge in [-0.15, -0.1) is 0 Å². The number of hydrogen-bond acceptors (Lipinski definition) is 5. The molecule has 1 N–H and O–H groups in total. The molecule has 0 radical (unpaired) electrons. The van der Waals surface area contributed by atoms with Crippen molar-refractivity contribution < 1.29 is 9.59 Å². The van der Waals surface area contributed by atoms with Crippen LogP contribution in [0.25, 0.3) is 0 Å². The molecule has 178 valence electrons. The highest BCUT2D eigenvalue weighted by Crippen LogP contribution is 2.36. The Morgan fingerprint density at radius 2 is 1.79 bits per heavy atom. The third-order valence-electron chi connectivity index (χ3n) is 6.00. The molecule has 2 aromatic carbocycles. The maximum Gasteiger partial charge on any atom is 0.259 e. The number of amidine groups is 2. The van der Waals surface area contributed by atoms with Gasteiger partial charge in [-0.2, -0.15) is 0 Å². The molecule has 0 aliphatic carbocycles. The smallest absolute Gasteiger partial charge is 0.259 e. The lowest BCUT2D eigenvalue weighted by Crippen LogP contribution is -2.42. The van der Waals surface area contributed by atoms with E-state index in [0.717, 1.165) is 16.9 Å². The predicted molar refractivity (Wildman–Crippen MR) is 141 cm³/mol. The van der Waals surface area contributed by atoms with Gasteiger partial charge in [0.25, 0.3) is 5.91 Å². The van der Waals surface area contributed by atoms with Crippen molar-refractivity contribution >= 4 is 46.0 Å². The number of nitrogens with one attached hydrogen (secondary N) is 1. The fourth-order valence-electron chi connectivity index (χ4n) is 4.10. The van der Waals surface area contributed by atoms with Crippen LogP contribution in [0.4, 0.5) is 11.4 Å². The van der Waals surface area contributed by atoms with Gasteiger partial charge in [-0.25, -0.2) is 9.89 Å². The fraction of sp³-hybridized carbons (Fsp3) is 0.407. The first-order chi connectivity index (χ1) is 16.3. The number of rotatable bonds is 7. The SMILES string of the molecule is CC[C@@H](SC1=Nc2ccccc2C2=N[C@@H](CC(C)C)C(=O)N12)C(=O)Nc1ccc(C(C)C)cc1. The van der Waals surface area contributed by atoms with Crippen molar-refractivity contribution in [2.75, 3.05) is 5.32 Å². The van der Waals surface area contributed by atoms with Gasteiger partial charge in [-0.1, -0.05) is 70.6 Å². The Labute approximate surface area is 205 Å². The van der Waals surface area contributed by atoms with Crippen molar-refractivity contribution in [1.29, 1.82) is 0 Å². The molecule has 4 rings (SSSR count). The first-order valence-electron chi connectivity index (χ1n) is 12.0. The number of para-hydroxylation sites is 1. The summed E-state index contributed by atoms with van der Waals surface area (Å²) >= 11 is 1.33. The molecule has 0 fully saturated rings. The second-order valence-corrected chi connectivity index (χ2v) is 10.6.